The zero-order valence-corrected chi connectivity index (χ0v) is 19.7. The average molecular weight is 470 g/mol. The van der Waals surface area contributed by atoms with Gasteiger partial charge in [0, 0.05) is 30.7 Å². The molecule has 0 atom stereocenters. The van der Waals surface area contributed by atoms with Crippen LogP contribution < -0.4 is 10.1 Å². The van der Waals surface area contributed by atoms with Gasteiger partial charge in [-0.2, -0.15) is 0 Å². The zero-order chi connectivity index (χ0) is 24.0. The molecule has 2 heterocycles. The van der Waals surface area contributed by atoms with E-state index in [0.717, 1.165) is 30.6 Å². The third-order valence-electron chi connectivity index (χ3n) is 5.31. The van der Waals surface area contributed by atoms with Crippen molar-refractivity contribution in [2.45, 2.75) is 45.6 Å². The first-order chi connectivity index (χ1) is 15.8. The van der Waals surface area contributed by atoms with Gasteiger partial charge in [0.1, 0.15) is 0 Å². The third-order valence-corrected chi connectivity index (χ3v) is 5.63. The highest BCUT2D eigenvalue weighted by Crippen LogP contribution is 2.27. The van der Waals surface area contributed by atoms with Gasteiger partial charge in [0.2, 0.25) is 5.88 Å². The molecule has 174 valence electrons. The Balaban J connectivity index is 1.73. The number of aryl methyl sites for hydroxylation is 2. The SMILES string of the molecule is COc1cc(CCCn2ccc(C(=O)Nc3cc(CC(=O)O)ccc3Cl)c2C(C)C)ccn1. The molecule has 2 aromatic heterocycles. The molecular weight excluding hydrogens is 442 g/mol. The maximum atomic E-state index is 13.1. The lowest BCUT2D eigenvalue weighted by molar-refractivity contribution is -0.136. The van der Waals surface area contributed by atoms with Gasteiger partial charge >= 0.3 is 5.97 Å². The molecular formula is C25H28ClN3O4. The number of aliphatic carboxylic acids is 1. The number of hydrogen-bond acceptors (Lipinski definition) is 4. The lowest BCUT2D eigenvalue weighted by Gasteiger charge is -2.15. The minimum Gasteiger partial charge on any atom is -0.481 e. The smallest absolute Gasteiger partial charge is 0.307 e. The number of amides is 1. The number of halogens is 1. The minimum absolute atomic E-state index is 0.135. The van der Waals surface area contributed by atoms with E-state index < -0.39 is 5.97 Å². The summed E-state index contributed by atoms with van der Waals surface area (Å²) in [5.74, 6) is -0.485. The highest BCUT2D eigenvalue weighted by molar-refractivity contribution is 6.34. The summed E-state index contributed by atoms with van der Waals surface area (Å²) in [6, 6.07) is 10.6. The quantitative estimate of drug-likeness (QED) is 0.426. The Morgan fingerprint density at radius 2 is 1.97 bits per heavy atom. The van der Waals surface area contributed by atoms with Crippen molar-refractivity contribution in [2.24, 2.45) is 0 Å². The van der Waals surface area contributed by atoms with Crippen molar-refractivity contribution in [3.05, 3.63) is 76.2 Å². The van der Waals surface area contributed by atoms with E-state index in [0.29, 0.717) is 27.7 Å². The molecule has 3 aromatic rings. The molecule has 33 heavy (non-hydrogen) atoms. The van der Waals surface area contributed by atoms with Gasteiger partial charge in [-0.1, -0.05) is 31.5 Å². The largest absolute Gasteiger partial charge is 0.481 e. The monoisotopic (exact) mass is 469 g/mol. The minimum atomic E-state index is -0.945. The lowest BCUT2D eigenvalue weighted by atomic mass is 10.0. The van der Waals surface area contributed by atoms with E-state index in [4.69, 9.17) is 21.4 Å². The molecule has 0 spiro atoms. The predicted molar refractivity (Wildman–Crippen MR) is 128 cm³/mol. The molecule has 0 bridgehead atoms. The second-order valence-electron chi connectivity index (χ2n) is 8.11. The number of nitrogens with zero attached hydrogens (tertiary/aromatic N) is 2. The lowest BCUT2D eigenvalue weighted by Crippen LogP contribution is -2.16. The molecule has 0 radical (unpaired) electrons. The molecule has 0 aliphatic heterocycles. The Morgan fingerprint density at radius 3 is 2.67 bits per heavy atom. The van der Waals surface area contributed by atoms with Crippen LogP contribution in [0.15, 0.2) is 48.8 Å². The summed E-state index contributed by atoms with van der Waals surface area (Å²) < 4.78 is 7.30. The fourth-order valence-electron chi connectivity index (χ4n) is 3.83. The van der Waals surface area contributed by atoms with Crippen molar-refractivity contribution in [1.29, 1.82) is 0 Å². The van der Waals surface area contributed by atoms with Gasteiger partial charge in [0.25, 0.3) is 5.91 Å². The van der Waals surface area contributed by atoms with Crippen LogP contribution in [-0.2, 0) is 24.2 Å². The van der Waals surface area contributed by atoms with Crippen molar-refractivity contribution < 1.29 is 19.4 Å². The van der Waals surface area contributed by atoms with Gasteiger partial charge in [0.05, 0.1) is 29.8 Å². The summed E-state index contributed by atoms with van der Waals surface area (Å²) in [7, 11) is 1.60. The molecule has 1 aromatic carbocycles. The first-order valence-electron chi connectivity index (χ1n) is 10.8. The topological polar surface area (TPSA) is 93.5 Å². The number of nitrogens with one attached hydrogen (secondary N) is 1. The molecule has 0 saturated carbocycles. The van der Waals surface area contributed by atoms with Crippen LogP contribution in [0, 0.1) is 0 Å². The Bertz CT molecular complexity index is 1140. The average Bonchev–Trinajstić information content (AvgIpc) is 3.20. The van der Waals surface area contributed by atoms with Crippen LogP contribution in [0.2, 0.25) is 5.02 Å². The van der Waals surface area contributed by atoms with E-state index in [1.54, 1.807) is 31.5 Å². The number of methoxy groups -OCH3 is 1. The first kappa shape index (κ1) is 24.3. The van der Waals surface area contributed by atoms with Crippen LogP contribution >= 0.6 is 11.6 Å². The number of hydrogen-bond donors (Lipinski definition) is 2. The van der Waals surface area contributed by atoms with Crippen molar-refractivity contribution in [2.75, 3.05) is 12.4 Å². The molecule has 0 aliphatic rings. The van der Waals surface area contributed by atoms with Gasteiger partial charge in [-0.3, -0.25) is 9.59 Å². The van der Waals surface area contributed by atoms with Crippen LogP contribution in [0.4, 0.5) is 5.69 Å². The summed E-state index contributed by atoms with van der Waals surface area (Å²) in [6.07, 6.45) is 5.28. The Labute approximate surface area is 198 Å². The van der Waals surface area contributed by atoms with Crippen LogP contribution in [-0.4, -0.2) is 33.6 Å². The van der Waals surface area contributed by atoms with Crippen molar-refractivity contribution in [1.82, 2.24) is 9.55 Å². The van der Waals surface area contributed by atoms with Crippen molar-refractivity contribution in [3.63, 3.8) is 0 Å². The van der Waals surface area contributed by atoms with E-state index in [2.05, 4.69) is 28.7 Å². The zero-order valence-electron chi connectivity index (χ0n) is 19.0. The summed E-state index contributed by atoms with van der Waals surface area (Å²) in [6.45, 7) is 4.87. The second-order valence-corrected chi connectivity index (χ2v) is 8.52. The van der Waals surface area contributed by atoms with Gasteiger partial charge in [0.15, 0.2) is 0 Å². The molecule has 0 fully saturated rings. The fourth-order valence-corrected chi connectivity index (χ4v) is 3.99. The first-order valence-corrected chi connectivity index (χ1v) is 11.2. The number of ether oxygens (including phenoxy) is 1. The molecule has 8 heteroatoms. The summed E-state index contributed by atoms with van der Waals surface area (Å²) in [5.41, 5.74) is 3.63. The van der Waals surface area contributed by atoms with E-state index in [1.807, 2.05) is 24.4 Å². The highest BCUT2D eigenvalue weighted by atomic mass is 35.5. The molecule has 2 N–H and O–H groups in total. The number of carboxylic acids is 1. The summed E-state index contributed by atoms with van der Waals surface area (Å²) >= 11 is 6.24. The van der Waals surface area contributed by atoms with Crippen molar-refractivity contribution >= 4 is 29.2 Å². The van der Waals surface area contributed by atoms with E-state index >= 15 is 0 Å². The molecule has 0 unspecified atom stereocenters. The number of carbonyl (C=O) groups excluding carboxylic acids is 1. The van der Waals surface area contributed by atoms with Gasteiger partial charge < -0.3 is 19.7 Å². The maximum absolute atomic E-state index is 13.1. The number of rotatable bonds is 10. The van der Waals surface area contributed by atoms with Crippen LogP contribution in [0.25, 0.3) is 0 Å². The van der Waals surface area contributed by atoms with E-state index in [-0.39, 0.29) is 18.2 Å². The summed E-state index contributed by atoms with van der Waals surface area (Å²) in [4.78, 5) is 28.2. The Morgan fingerprint density at radius 1 is 1.18 bits per heavy atom. The predicted octanol–water partition coefficient (Wildman–Crippen LogP) is 5.18. The molecule has 1 amide bonds. The number of aromatic nitrogens is 2. The molecule has 0 aliphatic carbocycles. The number of carbonyl (C=O) groups is 2. The molecule has 0 saturated heterocycles. The van der Waals surface area contributed by atoms with Crippen LogP contribution in [0.5, 0.6) is 5.88 Å². The van der Waals surface area contributed by atoms with Crippen LogP contribution in [0.1, 0.15) is 53.4 Å². The van der Waals surface area contributed by atoms with Gasteiger partial charge in [-0.05, 0) is 54.2 Å². The highest BCUT2D eigenvalue weighted by Gasteiger charge is 2.19. The Kier molecular flexibility index (Phi) is 8.11. The number of benzene rings is 1. The molecule has 7 nitrogen and oxygen atoms in total. The van der Waals surface area contributed by atoms with Crippen molar-refractivity contribution in [3.8, 4) is 5.88 Å². The number of anilines is 1. The van der Waals surface area contributed by atoms with Crippen LogP contribution in [0.3, 0.4) is 0 Å². The van der Waals surface area contributed by atoms with E-state index in [9.17, 15) is 9.59 Å². The normalized spacial score (nSPS) is 10.9. The number of carboxylic acid groups (broad SMARTS) is 1. The third kappa shape index (κ3) is 6.35. The van der Waals surface area contributed by atoms with E-state index in [1.165, 1.54) is 0 Å². The maximum Gasteiger partial charge on any atom is 0.307 e. The Hall–Kier alpha value is -3.32. The summed E-state index contributed by atoms with van der Waals surface area (Å²) in [5, 5.41) is 12.2. The number of pyridine rings is 1. The van der Waals surface area contributed by atoms with Gasteiger partial charge in [-0.15, -0.1) is 0 Å². The standard InChI is InChI=1S/C25H28ClN3O4/c1-16(2)24-19(25(32)28-21-13-18(15-23(30)31)6-7-20(21)26)9-12-29(24)11-4-5-17-8-10-27-22(14-17)33-3/h6-10,12-14,16H,4-5,11,15H2,1-3H3,(H,28,32)(H,30,31). The van der Waals surface area contributed by atoms with Gasteiger partial charge in [-0.25, -0.2) is 4.98 Å². The second kappa shape index (κ2) is 11.0. The fraction of sp³-hybridized carbons (Fsp3) is 0.320. The molecule has 3 rings (SSSR count).